The van der Waals surface area contributed by atoms with Crippen LogP contribution in [0.1, 0.15) is 67.8 Å². The van der Waals surface area contributed by atoms with Crippen molar-refractivity contribution in [2.24, 2.45) is 23.7 Å². The number of nitrogens with zero attached hydrogens (tertiary/aromatic N) is 2. The average molecular weight is 738 g/mol. The van der Waals surface area contributed by atoms with E-state index in [-0.39, 0.29) is 53.6 Å². The van der Waals surface area contributed by atoms with Crippen LogP contribution in [0, 0.1) is 23.7 Å². The molecule has 0 bridgehead atoms. The van der Waals surface area contributed by atoms with Crippen LogP contribution in [0.25, 0.3) is 0 Å². The maximum atomic E-state index is 13.8. The summed E-state index contributed by atoms with van der Waals surface area (Å²) in [6, 6.07) is 21.6. The van der Waals surface area contributed by atoms with Gasteiger partial charge in [-0.25, -0.2) is 4.79 Å². The number of amides is 5. The number of nitrogens with one attached hydrogen (secondary N) is 1. The lowest BCUT2D eigenvalue weighted by molar-refractivity contribution is -0.117. The topological polar surface area (TPSA) is 156 Å². The van der Waals surface area contributed by atoms with Crippen molar-refractivity contribution in [3.05, 3.63) is 107 Å². The van der Waals surface area contributed by atoms with Crippen molar-refractivity contribution in [3.8, 4) is 0 Å². The van der Waals surface area contributed by atoms with E-state index < -0.39 is 67.2 Å². The summed E-state index contributed by atoms with van der Waals surface area (Å²) in [4.78, 5) is 97.7. The Kier molecular flexibility index (Phi) is 10.1. The van der Waals surface area contributed by atoms with Crippen LogP contribution in [0.4, 0.5) is 4.79 Å². The molecule has 0 radical (unpaired) electrons. The van der Waals surface area contributed by atoms with Crippen LogP contribution in [-0.2, 0) is 25.4 Å². The van der Waals surface area contributed by atoms with Gasteiger partial charge in [-0.05, 0) is 59.8 Å². The molecule has 1 aliphatic carbocycles. The highest BCUT2D eigenvalue weighted by Crippen LogP contribution is 2.50. The molecule has 2 heterocycles. The van der Waals surface area contributed by atoms with E-state index in [1.807, 2.05) is 39.9 Å². The quantitative estimate of drug-likeness (QED) is 0.151. The van der Waals surface area contributed by atoms with E-state index in [4.69, 9.17) is 9.16 Å². The molecule has 1 N–H and O–H groups in total. The van der Waals surface area contributed by atoms with Crippen LogP contribution in [0.3, 0.4) is 0 Å². The molecule has 3 aromatic rings. The molecule has 2 aliphatic heterocycles. The van der Waals surface area contributed by atoms with Gasteiger partial charge in [-0.15, -0.1) is 0 Å². The zero-order chi connectivity index (χ0) is 38.3. The molecular weight excluding hydrogens is 695 g/mol. The van der Waals surface area contributed by atoms with Crippen LogP contribution in [0.5, 0.6) is 0 Å². The number of hydrogen-bond donors (Lipinski definition) is 1. The van der Waals surface area contributed by atoms with E-state index >= 15 is 0 Å². The van der Waals surface area contributed by atoms with Crippen molar-refractivity contribution >= 4 is 50.6 Å². The third-order valence-electron chi connectivity index (χ3n) is 11.5. The normalized spacial score (nSPS) is 22.1. The summed E-state index contributed by atoms with van der Waals surface area (Å²) in [5.41, 5.74) is -0.297. The van der Waals surface area contributed by atoms with Gasteiger partial charge in [0.05, 0.1) is 34.4 Å². The van der Waals surface area contributed by atoms with Gasteiger partial charge in [0.1, 0.15) is 19.2 Å². The molecule has 1 saturated carbocycles. The first-order valence-electron chi connectivity index (χ1n) is 17.6. The smallest absolute Gasteiger partial charge is 0.408 e. The van der Waals surface area contributed by atoms with Gasteiger partial charge in [0.25, 0.3) is 23.6 Å². The Morgan fingerprint density at radius 1 is 0.717 bits per heavy atom. The molecule has 3 aromatic carbocycles. The minimum Gasteiger partial charge on any atom is -0.445 e. The molecule has 0 spiro atoms. The van der Waals surface area contributed by atoms with Crippen molar-refractivity contribution in [2.75, 3.05) is 19.7 Å². The minimum absolute atomic E-state index is 0.111. The zero-order valence-corrected chi connectivity index (χ0v) is 31.4. The summed E-state index contributed by atoms with van der Waals surface area (Å²) in [6.45, 7) is 8.96. The first kappa shape index (κ1) is 37.5. The second kappa shape index (κ2) is 14.3. The lowest BCUT2D eigenvalue weighted by atomic mass is 9.80. The van der Waals surface area contributed by atoms with E-state index in [1.165, 1.54) is 24.3 Å². The molecule has 1 fully saturated rings. The fourth-order valence-electron chi connectivity index (χ4n) is 7.55. The molecule has 13 heteroatoms. The number of carbonyl (C=O) groups excluding carboxylic acids is 7. The second-order valence-electron chi connectivity index (χ2n) is 15.5. The maximum absolute atomic E-state index is 13.8. The predicted molar refractivity (Wildman–Crippen MR) is 195 cm³/mol. The molecular formula is C40H43N3O9Si. The van der Waals surface area contributed by atoms with Crippen LogP contribution < -0.4 is 5.32 Å². The van der Waals surface area contributed by atoms with Crippen molar-refractivity contribution in [1.29, 1.82) is 0 Å². The Balaban J connectivity index is 1.44. The van der Waals surface area contributed by atoms with Crippen molar-refractivity contribution in [2.45, 2.75) is 51.0 Å². The summed E-state index contributed by atoms with van der Waals surface area (Å²) >= 11 is 0. The Morgan fingerprint density at radius 3 is 1.49 bits per heavy atom. The Labute approximate surface area is 308 Å². The number of benzene rings is 3. The van der Waals surface area contributed by atoms with E-state index in [0.717, 1.165) is 9.80 Å². The number of aldehydes is 2. The number of rotatable bonds is 12. The fraction of sp³-hybridized carbons (Fsp3) is 0.375. The third-order valence-corrected chi connectivity index (χ3v) is 16.0. The van der Waals surface area contributed by atoms with Gasteiger partial charge in [0.15, 0.2) is 8.32 Å². The maximum Gasteiger partial charge on any atom is 0.408 e. The predicted octanol–water partition coefficient (Wildman–Crippen LogP) is 5.14. The largest absolute Gasteiger partial charge is 0.445 e. The molecule has 276 valence electrons. The van der Waals surface area contributed by atoms with Gasteiger partial charge in [-0.2, -0.15) is 0 Å². The number of fused-ring (bicyclic) bond motifs is 2. The molecule has 4 atom stereocenters. The lowest BCUT2D eigenvalue weighted by Crippen LogP contribution is -2.62. The fourth-order valence-corrected chi connectivity index (χ4v) is 8.59. The summed E-state index contributed by atoms with van der Waals surface area (Å²) in [5, 5.41) is 2.56. The SMILES string of the molecule is CC(C)(C)[Si](C)(C)OCC1(NC(=O)OCc2ccccc2)[C@@H](C=O)[C@H](CN2C(=O)c3ccccc3C2=O)[C@@H](CN2C(=O)c3ccccc3C2=O)[C@@H]1C=O. The number of carbonyl (C=O) groups is 7. The molecule has 6 rings (SSSR count). The van der Waals surface area contributed by atoms with Gasteiger partial charge in [0, 0.05) is 24.9 Å². The Bertz CT molecular complexity index is 1810. The minimum atomic E-state index is -2.63. The van der Waals surface area contributed by atoms with Crippen molar-refractivity contribution < 1.29 is 42.7 Å². The first-order chi connectivity index (χ1) is 25.1. The third kappa shape index (κ3) is 6.63. The van der Waals surface area contributed by atoms with Crippen molar-refractivity contribution in [1.82, 2.24) is 15.1 Å². The highest BCUT2D eigenvalue weighted by molar-refractivity contribution is 6.74. The summed E-state index contributed by atoms with van der Waals surface area (Å²) < 4.78 is 12.3. The van der Waals surface area contributed by atoms with Crippen LogP contribution in [-0.4, -0.2) is 85.6 Å². The molecule has 0 saturated heterocycles. The van der Waals surface area contributed by atoms with E-state index in [2.05, 4.69) is 5.32 Å². The van der Waals surface area contributed by atoms with Gasteiger partial charge in [0.2, 0.25) is 0 Å². The summed E-state index contributed by atoms with van der Waals surface area (Å²) in [5.74, 6) is -6.82. The lowest BCUT2D eigenvalue weighted by Gasteiger charge is -2.43. The molecule has 12 nitrogen and oxygen atoms in total. The Hall–Kier alpha value is -5.27. The van der Waals surface area contributed by atoms with Gasteiger partial charge >= 0.3 is 6.09 Å². The summed E-state index contributed by atoms with van der Waals surface area (Å²) in [7, 11) is -2.63. The van der Waals surface area contributed by atoms with E-state index in [9.17, 15) is 33.6 Å². The van der Waals surface area contributed by atoms with Gasteiger partial charge in [-0.1, -0.05) is 75.4 Å². The van der Waals surface area contributed by atoms with Crippen LogP contribution in [0.15, 0.2) is 78.9 Å². The highest BCUT2D eigenvalue weighted by atomic mass is 28.4. The monoisotopic (exact) mass is 737 g/mol. The molecule has 0 unspecified atom stereocenters. The van der Waals surface area contributed by atoms with Crippen molar-refractivity contribution in [3.63, 3.8) is 0 Å². The van der Waals surface area contributed by atoms with Crippen LogP contribution >= 0.6 is 0 Å². The van der Waals surface area contributed by atoms with Gasteiger partial charge in [-0.3, -0.25) is 29.0 Å². The Morgan fingerprint density at radius 2 is 1.11 bits per heavy atom. The van der Waals surface area contributed by atoms with E-state index in [1.54, 1.807) is 48.5 Å². The zero-order valence-electron chi connectivity index (χ0n) is 30.4. The average Bonchev–Trinajstić information content (AvgIpc) is 3.64. The second-order valence-corrected chi connectivity index (χ2v) is 20.3. The number of hydrogen-bond acceptors (Lipinski definition) is 9. The standard InChI is InChI=1S/C40H43N3O9Si/c1-39(2,3)53(4,5)52-24-40(41-38(50)51-23-25-13-7-6-8-14-25)32(21-44)30(19-42-34(46)26-15-9-10-16-27(26)35(42)47)31(33(40)22-45)20-43-36(48)28-17-11-12-18-29(28)37(43)49/h6-18,21-22,30-33H,19-20,23-24H2,1-5H3,(H,41,50)/t30-,31-,32+,33+/m1/s1. The molecule has 3 aliphatic rings. The van der Waals surface area contributed by atoms with E-state index in [0.29, 0.717) is 18.1 Å². The molecule has 53 heavy (non-hydrogen) atoms. The number of imide groups is 2. The highest BCUT2D eigenvalue weighted by Gasteiger charge is 2.64. The van der Waals surface area contributed by atoms with Crippen LogP contribution in [0.2, 0.25) is 18.1 Å². The summed E-state index contributed by atoms with van der Waals surface area (Å²) in [6.07, 6.45) is 0.287. The molecule has 0 aromatic heterocycles. The number of alkyl carbamates (subject to hydrolysis) is 1. The van der Waals surface area contributed by atoms with Gasteiger partial charge < -0.3 is 24.1 Å². The first-order valence-corrected chi connectivity index (χ1v) is 20.5. The number of ether oxygens (including phenoxy) is 1. The molecule has 5 amide bonds.